The molecular formula is C34H46F3N5O6S. The SMILES string of the molecule is C[C@@H]1CN([C@H](C)CO)C(=O)c2cc(NS(=O)(=O)c3cn(C)cn3)ccc2O[C@@H](C)CCCCO[C@@H]1CN(C)Cc1ccc(C(F)(F)F)cc1. The monoisotopic (exact) mass is 709 g/mol. The molecule has 2 N–H and O–H groups in total. The van der Waals surface area contributed by atoms with Crippen molar-refractivity contribution in [3.05, 3.63) is 71.7 Å². The smallest absolute Gasteiger partial charge is 0.416 e. The summed E-state index contributed by atoms with van der Waals surface area (Å²) in [6.07, 6.45) is -0.0614. The number of ether oxygens (including phenoxy) is 2. The number of aromatic nitrogens is 2. The zero-order valence-corrected chi connectivity index (χ0v) is 29.3. The van der Waals surface area contributed by atoms with Crippen LogP contribution in [-0.2, 0) is 34.5 Å². The van der Waals surface area contributed by atoms with E-state index in [0.29, 0.717) is 31.9 Å². The van der Waals surface area contributed by atoms with Gasteiger partial charge in [-0.1, -0.05) is 19.1 Å². The molecule has 4 rings (SSSR count). The fourth-order valence-corrected chi connectivity index (χ4v) is 6.70. The first-order valence-electron chi connectivity index (χ1n) is 16.3. The summed E-state index contributed by atoms with van der Waals surface area (Å²) in [5.41, 5.74) is 0.291. The summed E-state index contributed by atoms with van der Waals surface area (Å²) in [6.45, 7) is 6.73. The van der Waals surface area contributed by atoms with Crippen LogP contribution in [0.1, 0.15) is 61.5 Å². The van der Waals surface area contributed by atoms with Crippen LogP contribution in [0.3, 0.4) is 0 Å². The number of benzene rings is 2. The van der Waals surface area contributed by atoms with Gasteiger partial charge in [0.15, 0.2) is 5.03 Å². The Morgan fingerprint density at radius 3 is 2.49 bits per heavy atom. The molecule has 11 nitrogen and oxygen atoms in total. The lowest BCUT2D eigenvalue weighted by Gasteiger charge is -2.36. The van der Waals surface area contributed by atoms with E-state index in [9.17, 15) is 31.5 Å². The number of aryl methyl sites for hydroxylation is 1. The predicted molar refractivity (Wildman–Crippen MR) is 179 cm³/mol. The Morgan fingerprint density at radius 1 is 1.14 bits per heavy atom. The van der Waals surface area contributed by atoms with Crippen molar-refractivity contribution >= 4 is 21.6 Å². The van der Waals surface area contributed by atoms with E-state index < -0.39 is 33.7 Å². The Labute approximate surface area is 286 Å². The van der Waals surface area contributed by atoms with Crippen molar-refractivity contribution in [2.45, 2.75) is 76.0 Å². The number of hydrogen-bond donors (Lipinski definition) is 2. The van der Waals surface area contributed by atoms with Crippen LogP contribution in [0.5, 0.6) is 5.75 Å². The van der Waals surface area contributed by atoms with E-state index in [0.717, 1.165) is 30.5 Å². The summed E-state index contributed by atoms with van der Waals surface area (Å²) >= 11 is 0. The number of anilines is 1. The van der Waals surface area contributed by atoms with Crippen molar-refractivity contribution < 1.29 is 41.0 Å². The first kappa shape index (κ1) is 38.1. The minimum absolute atomic E-state index is 0.134. The maximum absolute atomic E-state index is 14.3. The third-order valence-electron chi connectivity index (χ3n) is 8.49. The second kappa shape index (κ2) is 16.4. The highest BCUT2D eigenvalue weighted by atomic mass is 32.2. The molecule has 49 heavy (non-hydrogen) atoms. The molecule has 0 radical (unpaired) electrons. The van der Waals surface area contributed by atoms with Gasteiger partial charge in [-0.2, -0.15) is 21.6 Å². The summed E-state index contributed by atoms with van der Waals surface area (Å²) in [5.74, 6) is -0.393. The molecule has 2 heterocycles. The number of alkyl halides is 3. The van der Waals surface area contributed by atoms with Crippen molar-refractivity contribution in [3.8, 4) is 5.75 Å². The summed E-state index contributed by atoms with van der Waals surface area (Å²) < 4.78 is 81.9. The molecule has 0 fully saturated rings. The molecule has 0 bridgehead atoms. The van der Waals surface area contributed by atoms with Crippen molar-refractivity contribution in [3.63, 3.8) is 0 Å². The van der Waals surface area contributed by atoms with Gasteiger partial charge >= 0.3 is 6.18 Å². The summed E-state index contributed by atoms with van der Waals surface area (Å²) in [5, 5.41) is 10.0. The Hall–Kier alpha value is -3.66. The maximum atomic E-state index is 14.3. The molecule has 15 heteroatoms. The average Bonchev–Trinajstić information content (AvgIpc) is 3.49. The van der Waals surface area contributed by atoms with Gasteiger partial charge < -0.3 is 24.0 Å². The Morgan fingerprint density at radius 2 is 1.86 bits per heavy atom. The highest BCUT2D eigenvalue weighted by Crippen LogP contribution is 2.31. The number of nitrogens with one attached hydrogen (secondary N) is 1. The number of hydrogen-bond acceptors (Lipinski definition) is 8. The molecule has 0 saturated heterocycles. The second-order valence-electron chi connectivity index (χ2n) is 12.9. The van der Waals surface area contributed by atoms with Crippen LogP contribution in [-0.4, -0.2) is 90.4 Å². The van der Waals surface area contributed by atoms with Crippen LogP contribution in [0.4, 0.5) is 18.9 Å². The number of aliphatic hydroxyl groups is 1. The van der Waals surface area contributed by atoms with E-state index in [1.54, 1.807) is 20.0 Å². The van der Waals surface area contributed by atoms with Crippen molar-refractivity contribution in [1.29, 1.82) is 0 Å². The molecule has 0 saturated carbocycles. The fourth-order valence-electron chi connectivity index (χ4n) is 5.67. The van der Waals surface area contributed by atoms with E-state index in [1.807, 2.05) is 25.8 Å². The highest BCUT2D eigenvalue weighted by Gasteiger charge is 2.32. The number of likely N-dealkylation sites (N-methyl/N-ethyl adjacent to an activating group) is 1. The van der Waals surface area contributed by atoms with Gasteiger partial charge in [0, 0.05) is 51.1 Å². The van der Waals surface area contributed by atoms with Crippen molar-refractivity contribution in [1.82, 2.24) is 19.4 Å². The van der Waals surface area contributed by atoms with Crippen molar-refractivity contribution in [2.24, 2.45) is 13.0 Å². The molecule has 0 spiro atoms. The minimum atomic E-state index is -4.41. The van der Waals surface area contributed by atoms with Crippen LogP contribution >= 0.6 is 0 Å². The third kappa shape index (κ3) is 10.4. The number of fused-ring (bicyclic) bond motifs is 1. The summed E-state index contributed by atoms with van der Waals surface area (Å²) in [7, 11) is -0.534. The normalized spacial score (nSPS) is 20.7. The second-order valence-corrected chi connectivity index (χ2v) is 14.5. The number of imidazole rings is 1. The Bertz CT molecular complexity index is 1650. The lowest BCUT2D eigenvalue weighted by atomic mass is 10.0. The Kier molecular flexibility index (Phi) is 12.7. The molecule has 4 atom stereocenters. The van der Waals surface area contributed by atoms with Crippen LogP contribution in [0, 0.1) is 5.92 Å². The number of halogens is 3. The topological polar surface area (TPSA) is 126 Å². The molecule has 3 aromatic rings. The van der Waals surface area contributed by atoms with E-state index in [1.165, 1.54) is 46.3 Å². The summed E-state index contributed by atoms with van der Waals surface area (Å²) in [6, 6.07) is 9.00. The van der Waals surface area contributed by atoms with E-state index in [4.69, 9.17) is 9.47 Å². The fraction of sp³-hybridized carbons (Fsp3) is 0.529. The molecule has 1 aliphatic heterocycles. The number of nitrogens with zero attached hydrogens (tertiary/aromatic N) is 4. The molecule has 1 aliphatic rings. The lowest BCUT2D eigenvalue weighted by molar-refractivity contribution is -0.137. The van der Waals surface area contributed by atoms with Gasteiger partial charge in [-0.3, -0.25) is 14.4 Å². The average molecular weight is 710 g/mol. The number of carbonyl (C=O) groups is 1. The Balaban J connectivity index is 1.60. The van der Waals surface area contributed by atoms with Crippen LogP contribution in [0.15, 0.2) is 60.0 Å². The number of sulfonamides is 1. The van der Waals surface area contributed by atoms with Gasteiger partial charge in [0.1, 0.15) is 5.75 Å². The van der Waals surface area contributed by atoms with Gasteiger partial charge in [0.2, 0.25) is 0 Å². The standard InChI is InChI=1S/C34H46F3N5O6S/c1-23-17-42(24(2)21-43)33(44)29-16-28(39-49(45,46)32-20-41(5)22-38-32)13-14-30(29)48-25(3)8-6-7-15-47-31(23)19-40(4)18-26-9-11-27(12-10-26)34(35,36)37/h9-14,16,20,22-25,31,39,43H,6-8,15,17-19,21H2,1-5H3/t23-,24-,25+,31-/m1/s1. The van der Waals surface area contributed by atoms with Crippen LogP contribution < -0.4 is 9.46 Å². The number of aliphatic hydroxyl groups excluding tert-OH is 1. The molecule has 270 valence electrons. The molecule has 0 unspecified atom stereocenters. The molecular weight excluding hydrogens is 663 g/mol. The zero-order valence-electron chi connectivity index (χ0n) is 28.5. The molecule has 1 amide bonds. The van der Waals surface area contributed by atoms with Gasteiger partial charge in [0.05, 0.1) is 42.3 Å². The lowest BCUT2D eigenvalue weighted by Crippen LogP contribution is -2.47. The highest BCUT2D eigenvalue weighted by molar-refractivity contribution is 7.92. The third-order valence-corrected chi connectivity index (χ3v) is 9.75. The largest absolute Gasteiger partial charge is 0.490 e. The summed E-state index contributed by atoms with van der Waals surface area (Å²) in [4.78, 5) is 21.8. The molecule has 2 aromatic carbocycles. The molecule has 1 aromatic heterocycles. The number of rotatable bonds is 9. The van der Waals surface area contributed by atoms with Gasteiger partial charge in [-0.15, -0.1) is 0 Å². The number of amides is 1. The molecule has 0 aliphatic carbocycles. The van der Waals surface area contributed by atoms with Crippen LogP contribution in [0.2, 0.25) is 0 Å². The van der Waals surface area contributed by atoms with Gasteiger partial charge in [0.25, 0.3) is 15.9 Å². The van der Waals surface area contributed by atoms with E-state index >= 15 is 0 Å². The zero-order chi connectivity index (χ0) is 35.9. The van der Waals surface area contributed by atoms with Crippen LogP contribution in [0.25, 0.3) is 0 Å². The quantitative estimate of drug-likeness (QED) is 0.312. The van der Waals surface area contributed by atoms with E-state index in [-0.39, 0.29) is 47.6 Å². The maximum Gasteiger partial charge on any atom is 0.416 e. The van der Waals surface area contributed by atoms with Gasteiger partial charge in [-0.25, -0.2) is 4.98 Å². The van der Waals surface area contributed by atoms with Crippen molar-refractivity contribution in [2.75, 3.05) is 38.1 Å². The van der Waals surface area contributed by atoms with Gasteiger partial charge in [-0.05, 0) is 76.1 Å². The first-order valence-corrected chi connectivity index (χ1v) is 17.7. The first-order chi connectivity index (χ1) is 23.1. The minimum Gasteiger partial charge on any atom is -0.490 e. The number of carbonyl (C=O) groups excluding carboxylic acids is 1. The predicted octanol–water partition coefficient (Wildman–Crippen LogP) is 5.17. The van der Waals surface area contributed by atoms with E-state index in [2.05, 4.69) is 9.71 Å².